The lowest BCUT2D eigenvalue weighted by molar-refractivity contribution is -0.139. The summed E-state index contributed by atoms with van der Waals surface area (Å²) in [5.41, 5.74) is 2.52. The van der Waals surface area contributed by atoms with E-state index in [1.54, 1.807) is 54.2 Å². The van der Waals surface area contributed by atoms with Crippen LogP contribution in [0.15, 0.2) is 64.4 Å². The van der Waals surface area contributed by atoms with Crippen molar-refractivity contribution in [3.05, 3.63) is 86.8 Å². The Morgan fingerprint density at radius 2 is 1.70 bits per heavy atom. The Balaban J connectivity index is 0.766. The molecule has 4 amide bonds. The van der Waals surface area contributed by atoms with Gasteiger partial charge in [-0.15, -0.1) is 0 Å². The molecule has 61 heavy (non-hydrogen) atoms. The first-order valence-corrected chi connectivity index (χ1v) is 21.1. The minimum atomic E-state index is -0.767. The van der Waals surface area contributed by atoms with Crippen molar-refractivity contribution >= 4 is 51.3 Å². The number of imide groups is 1. The van der Waals surface area contributed by atoms with Crippen LogP contribution < -0.4 is 26.6 Å². The average Bonchev–Trinajstić information content (AvgIpc) is 3.98. The maximum atomic E-state index is 13.6. The largest absolute Gasteiger partial charge is 0.496 e. The standard InChI is InChI=1S/C45H48N8O8/c1-49-40-27(6-3-9-36(40)53(45(49)59)37-16-17-39(54)47-42(37)56)7-5-23-61-32-18-21-50(22-19-32)43(57)28-10-12-31(13-11-28)52-26-29-24-33(38(60-2)25-35(29)48-52)41(55)46-34-8-4-20-51(44(34)58)30-14-15-30/h3-4,6,8-9,20,24-26,28,30-32,37H,10-19,21-23H2,1-2H3,(H,46,55)(H,47,54,56). The number of carbonyl (C=O) groups is 4. The molecule has 16 nitrogen and oxygen atoms in total. The van der Waals surface area contributed by atoms with Crippen LogP contribution in [0, 0.1) is 17.8 Å². The van der Waals surface area contributed by atoms with E-state index in [-0.39, 0.29) is 72.3 Å². The zero-order chi connectivity index (χ0) is 42.4. The second kappa shape index (κ2) is 16.5. The van der Waals surface area contributed by atoms with Gasteiger partial charge in [0.15, 0.2) is 0 Å². The Hall–Kier alpha value is -6.47. The van der Waals surface area contributed by atoms with Crippen LogP contribution in [-0.4, -0.2) is 84.9 Å². The van der Waals surface area contributed by atoms with E-state index in [0.29, 0.717) is 46.5 Å². The van der Waals surface area contributed by atoms with Gasteiger partial charge in [0.05, 0.1) is 46.9 Å². The summed E-state index contributed by atoms with van der Waals surface area (Å²) in [6.07, 6.45) is 10.6. The third kappa shape index (κ3) is 7.85. The van der Waals surface area contributed by atoms with Crippen molar-refractivity contribution in [3.63, 3.8) is 0 Å². The first-order valence-electron chi connectivity index (χ1n) is 21.1. The fourth-order valence-corrected chi connectivity index (χ4v) is 9.19. The fourth-order valence-electron chi connectivity index (χ4n) is 9.19. The average molecular weight is 829 g/mol. The number of fused-ring (bicyclic) bond motifs is 2. The van der Waals surface area contributed by atoms with Crippen LogP contribution in [0.3, 0.4) is 0 Å². The molecule has 1 atom stereocenters. The van der Waals surface area contributed by atoms with Gasteiger partial charge in [-0.3, -0.25) is 43.1 Å². The van der Waals surface area contributed by atoms with Crippen molar-refractivity contribution in [2.24, 2.45) is 13.0 Å². The summed E-state index contributed by atoms with van der Waals surface area (Å²) in [6, 6.07) is 11.8. The molecule has 2 saturated heterocycles. The third-order valence-electron chi connectivity index (χ3n) is 12.7. The first kappa shape index (κ1) is 40.0. The summed E-state index contributed by atoms with van der Waals surface area (Å²) in [7, 11) is 3.15. The SMILES string of the molecule is COc1cc2nn(C3CCC(C(=O)N4CCC(OCC#Cc5cccc6c5n(C)c(=O)n6C5CCC(=O)NC5=O)CC4)CC3)cc2cc1C(=O)Nc1cccn(C2CC2)c1=O. The van der Waals surface area contributed by atoms with Crippen LogP contribution in [0.5, 0.6) is 5.75 Å². The number of anilines is 1. The molecule has 4 aliphatic rings. The number of amides is 4. The molecule has 2 aliphatic heterocycles. The number of carbonyl (C=O) groups excluding carboxylic acids is 4. The number of imidazole rings is 1. The molecule has 2 aromatic carbocycles. The van der Waals surface area contributed by atoms with E-state index in [9.17, 15) is 28.8 Å². The van der Waals surface area contributed by atoms with E-state index < -0.39 is 17.9 Å². The molecule has 0 bridgehead atoms. The van der Waals surface area contributed by atoms with Crippen LogP contribution in [0.2, 0.25) is 0 Å². The number of piperidine rings is 2. The first-order chi connectivity index (χ1) is 29.6. The summed E-state index contributed by atoms with van der Waals surface area (Å²) in [5, 5.41) is 10.7. The van der Waals surface area contributed by atoms with Crippen molar-refractivity contribution in [2.45, 2.75) is 88.4 Å². The number of para-hydroxylation sites is 1. The van der Waals surface area contributed by atoms with Crippen molar-refractivity contribution in [2.75, 3.05) is 32.1 Å². The molecular formula is C45H48N8O8. The predicted octanol–water partition coefficient (Wildman–Crippen LogP) is 4.22. The van der Waals surface area contributed by atoms with E-state index in [1.807, 2.05) is 21.8 Å². The summed E-state index contributed by atoms with van der Waals surface area (Å²) < 4.78 is 18.2. The van der Waals surface area contributed by atoms with Crippen molar-refractivity contribution in [3.8, 4) is 17.6 Å². The number of nitrogens with one attached hydrogen (secondary N) is 2. The summed E-state index contributed by atoms with van der Waals surface area (Å²) in [4.78, 5) is 79.5. The van der Waals surface area contributed by atoms with Gasteiger partial charge in [0, 0.05) is 62.4 Å². The number of rotatable bonds is 9. The number of pyridine rings is 1. The monoisotopic (exact) mass is 828 g/mol. The number of nitrogens with zero attached hydrogens (tertiary/aromatic N) is 6. The number of ether oxygens (including phenoxy) is 2. The van der Waals surface area contributed by atoms with Crippen molar-refractivity contribution in [1.82, 2.24) is 33.7 Å². The van der Waals surface area contributed by atoms with Crippen LogP contribution in [0.4, 0.5) is 5.69 Å². The number of hydrogen-bond acceptors (Lipinski definition) is 9. The summed E-state index contributed by atoms with van der Waals surface area (Å²) in [6.45, 7) is 1.44. The number of benzene rings is 2. The minimum absolute atomic E-state index is 0.0244. The highest BCUT2D eigenvalue weighted by Gasteiger charge is 2.34. The minimum Gasteiger partial charge on any atom is -0.496 e. The smallest absolute Gasteiger partial charge is 0.329 e. The van der Waals surface area contributed by atoms with Gasteiger partial charge >= 0.3 is 5.69 Å². The lowest BCUT2D eigenvalue weighted by atomic mass is 9.85. The van der Waals surface area contributed by atoms with Gasteiger partial charge in [0.25, 0.3) is 11.5 Å². The molecule has 0 radical (unpaired) electrons. The predicted molar refractivity (Wildman–Crippen MR) is 225 cm³/mol. The Bertz CT molecular complexity index is 2750. The molecule has 316 valence electrons. The number of hydrogen-bond donors (Lipinski definition) is 2. The molecule has 1 unspecified atom stereocenters. The summed E-state index contributed by atoms with van der Waals surface area (Å²) in [5.74, 6) is 5.49. The molecule has 2 N–H and O–H groups in total. The van der Waals surface area contributed by atoms with Gasteiger partial charge in [-0.2, -0.15) is 5.10 Å². The van der Waals surface area contributed by atoms with E-state index in [0.717, 1.165) is 56.8 Å². The number of aromatic nitrogens is 5. The highest BCUT2D eigenvalue weighted by molar-refractivity contribution is 6.08. The van der Waals surface area contributed by atoms with Gasteiger partial charge in [-0.25, -0.2) is 4.79 Å². The molecule has 2 aliphatic carbocycles. The van der Waals surface area contributed by atoms with Crippen molar-refractivity contribution in [1.29, 1.82) is 0 Å². The van der Waals surface area contributed by atoms with E-state index >= 15 is 0 Å². The zero-order valence-corrected chi connectivity index (χ0v) is 34.2. The quantitative estimate of drug-likeness (QED) is 0.163. The maximum Gasteiger partial charge on any atom is 0.329 e. The Labute approximate surface area is 350 Å². The lowest BCUT2D eigenvalue weighted by Gasteiger charge is -2.36. The van der Waals surface area contributed by atoms with Gasteiger partial charge in [0.2, 0.25) is 17.7 Å². The van der Waals surface area contributed by atoms with E-state index in [1.165, 1.54) is 16.2 Å². The highest BCUT2D eigenvalue weighted by atomic mass is 16.5. The van der Waals surface area contributed by atoms with Crippen LogP contribution in [-0.2, 0) is 26.2 Å². The molecule has 5 heterocycles. The molecule has 2 saturated carbocycles. The molecule has 0 spiro atoms. The van der Waals surface area contributed by atoms with Gasteiger partial charge in [0.1, 0.15) is 24.1 Å². The van der Waals surface area contributed by atoms with Crippen molar-refractivity contribution < 1.29 is 28.7 Å². The maximum absolute atomic E-state index is 13.6. The van der Waals surface area contributed by atoms with Crippen LogP contribution in [0.1, 0.15) is 98.3 Å². The van der Waals surface area contributed by atoms with E-state index in [2.05, 4.69) is 22.5 Å². The summed E-state index contributed by atoms with van der Waals surface area (Å²) >= 11 is 0. The van der Waals surface area contributed by atoms with Crippen LogP contribution >= 0.6 is 0 Å². The number of likely N-dealkylation sites (tertiary alicyclic amines) is 1. The number of aryl methyl sites for hydroxylation is 1. The molecular weight excluding hydrogens is 781 g/mol. The normalized spacial score (nSPS) is 21.0. The van der Waals surface area contributed by atoms with E-state index in [4.69, 9.17) is 14.6 Å². The topological polar surface area (TPSA) is 181 Å². The highest BCUT2D eigenvalue weighted by Crippen LogP contribution is 2.36. The fraction of sp³-hybridized carbons (Fsp3) is 0.444. The zero-order valence-electron chi connectivity index (χ0n) is 34.2. The van der Waals surface area contributed by atoms with Crippen LogP contribution in [0.25, 0.3) is 21.9 Å². The molecule has 3 aromatic heterocycles. The third-order valence-corrected chi connectivity index (χ3v) is 12.7. The Kier molecular flexibility index (Phi) is 10.8. The Morgan fingerprint density at radius 1 is 0.934 bits per heavy atom. The molecule has 9 rings (SSSR count). The van der Waals surface area contributed by atoms with Gasteiger partial charge in [-0.05, 0) is 88.1 Å². The molecule has 5 aromatic rings. The lowest BCUT2D eigenvalue weighted by Crippen LogP contribution is -2.44. The Morgan fingerprint density at radius 3 is 2.44 bits per heavy atom. The van der Waals surface area contributed by atoms with Gasteiger partial charge in [-0.1, -0.05) is 17.9 Å². The number of methoxy groups -OCH3 is 1. The second-order valence-corrected chi connectivity index (χ2v) is 16.5. The molecule has 4 fully saturated rings. The molecule has 16 heteroatoms. The van der Waals surface area contributed by atoms with Gasteiger partial charge < -0.3 is 24.3 Å². The second-order valence-electron chi connectivity index (χ2n) is 16.5.